The van der Waals surface area contributed by atoms with E-state index in [0.717, 1.165) is 0 Å². The van der Waals surface area contributed by atoms with Gasteiger partial charge in [0.25, 0.3) is 0 Å². The predicted octanol–water partition coefficient (Wildman–Crippen LogP) is 0.260. The first-order chi connectivity index (χ1) is 6.57. The van der Waals surface area contributed by atoms with Gasteiger partial charge in [0.2, 0.25) is 5.91 Å². The Labute approximate surface area is 84.0 Å². The Hall–Kier alpha value is -1.34. The van der Waals surface area contributed by atoms with Crippen molar-refractivity contribution in [2.45, 2.75) is 25.9 Å². The lowest BCUT2D eigenvalue weighted by Gasteiger charge is -2.25. The van der Waals surface area contributed by atoms with E-state index in [9.17, 15) is 4.79 Å². The molecule has 1 unspecified atom stereocenters. The molecule has 1 heterocycles. The summed E-state index contributed by atoms with van der Waals surface area (Å²) in [6.45, 7) is 4.29. The third-order valence-corrected chi connectivity index (χ3v) is 2.37. The summed E-state index contributed by atoms with van der Waals surface area (Å²) in [6.07, 6.45) is 3.55. The van der Waals surface area contributed by atoms with Crippen molar-refractivity contribution in [2.24, 2.45) is 11.7 Å². The SMILES string of the molecule is CC(C)C(N)C(=O)N1CC=C[C@H]1C#N. The minimum atomic E-state index is -0.509. The molecule has 1 amide bonds. The van der Waals surface area contributed by atoms with E-state index in [1.165, 1.54) is 4.90 Å². The van der Waals surface area contributed by atoms with Crippen LogP contribution in [0.5, 0.6) is 0 Å². The molecule has 76 valence electrons. The van der Waals surface area contributed by atoms with Crippen LogP contribution in [-0.4, -0.2) is 29.4 Å². The van der Waals surface area contributed by atoms with E-state index in [2.05, 4.69) is 6.07 Å². The minimum absolute atomic E-state index is 0.0995. The lowest BCUT2D eigenvalue weighted by Crippen LogP contribution is -2.48. The molecule has 1 aliphatic heterocycles. The maximum atomic E-state index is 11.8. The van der Waals surface area contributed by atoms with Crippen LogP contribution in [-0.2, 0) is 4.79 Å². The molecule has 1 aliphatic rings. The first-order valence-corrected chi connectivity index (χ1v) is 4.70. The highest BCUT2D eigenvalue weighted by Gasteiger charge is 2.29. The zero-order valence-corrected chi connectivity index (χ0v) is 8.47. The number of rotatable bonds is 2. The highest BCUT2D eigenvalue weighted by atomic mass is 16.2. The molecular weight excluding hydrogens is 178 g/mol. The van der Waals surface area contributed by atoms with E-state index >= 15 is 0 Å². The van der Waals surface area contributed by atoms with Crippen LogP contribution in [0.15, 0.2) is 12.2 Å². The van der Waals surface area contributed by atoms with Crippen molar-refractivity contribution in [3.8, 4) is 6.07 Å². The number of carbonyl (C=O) groups is 1. The van der Waals surface area contributed by atoms with E-state index < -0.39 is 12.1 Å². The lowest BCUT2D eigenvalue weighted by molar-refractivity contribution is -0.133. The molecule has 1 rings (SSSR count). The van der Waals surface area contributed by atoms with E-state index in [0.29, 0.717) is 6.54 Å². The summed E-state index contributed by atoms with van der Waals surface area (Å²) in [5, 5.41) is 8.77. The number of nitrogens with zero attached hydrogens (tertiary/aromatic N) is 2. The molecule has 4 heteroatoms. The van der Waals surface area contributed by atoms with Crippen molar-refractivity contribution in [2.75, 3.05) is 6.54 Å². The summed E-state index contributed by atoms with van der Waals surface area (Å²) in [4.78, 5) is 13.3. The molecule has 0 fully saturated rings. The number of hydrogen-bond donors (Lipinski definition) is 1. The molecule has 4 nitrogen and oxygen atoms in total. The van der Waals surface area contributed by atoms with Crippen molar-refractivity contribution in [3.05, 3.63) is 12.2 Å². The maximum Gasteiger partial charge on any atom is 0.241 e. The maximum absolute atomic E-state index is 11.8. The largest absolute Gasteiger partial charge is 0.320 e. The molecule has 2 atom stereocenters. The lowest BCUT2D eigenvalue weighted by atomic mass is 10.0. The molecule has 0 aromatic rings. The third-order valence-electron chi connectivity index (χ3n) is 2.37. The average Bonchev–Trinajstić information content (AvgIpc) is 2.62. The van der Waals surface area contributed by atoms with E-state index in [-0.39, 0.29) is 11.8 Å². The van der Waals surface area contributed by atoms with Gasteiger partial charge < -0.3 is 10.6 Å². The van der Waals surface area contributed by atoms with Gasteiger partial charge in [-0.15, -0.1) is 0 Å². The van der Waals surface area contributed by atoms with Gasteiger partial charge in [-0.2, -0.15) is 5.26 Å². The predicted molar refractivity (Wildman–Crippen MR) is 53.1 cm³/mol. The quantitative estimate of drug-likeness (QED) is 0.639. The van der Waals surface area contributed by atoms with Gasteiger partial charge in [0, 0.05) is 6.54 Å². The number of hydrogen-bond acceptors (Lipinski definition) is 3. The third kappa shape index (κ3) is 1.94. The van der Waals surface area contributed by atoms with Crippen molar-refractivity contribution in [1.29, 1.82) is 5.26 Å². The van der Waals surface area contributed by atoms with Gasteiger partial charge in [0.15, 0.2) is 0 Å². The molecule has 0 radical (unpaired) electrons. The van der Waals surface area contributed by atoms with Gasteiger partial charge in [0.05, 0.1) is 12.1 Å². The second kappa shape index (κ2) is 4.25. The van der Waals surface area contributed by atoms with Gasteiger partial charge in [0.1, 0.15) is 6.04 Å². The fourth-order valence-electron chi connectivity index (χ4n) is 1.34. The smallest absolute Gasteiger partial charge is 0.241 e. The number of amides is 1. The van der Waals surface area contributed by atoms with Gasteiger partial charge in [-0.25, -0.2) is 0 Å². The van der Waals surface area contributed by atoms with Crippen LogP contribution < -0.4 is 5.73 Å². The Morgan fingerprint density at radius 3 is 2.86 bits per heavy atom. The summed E-state index contributed by atoms with van der Waals surface area (Å²) in [6, 6.07) is 1.11. The first kappa shape index (κ1) is 10.7. The minimum Gasteiger partial charge on any atom is -0.320 e. The molecule has 0 saturated heterocycles. The summed E-state index contributed by atoms with van der Waals surface area (Å²) < 4.78 is 0. The highest BCUT2D eigenvalue weighted by Crippen LogP contribution is 2.12. The molecule has 0 aromatic heterocycles. The molecule has 0 aromatic carbocycles. The van der Waals surface area contributed by atoms with Crippen LogP contribution >= 0.6 is 0 Å². The second-order valence-electron chi connectivity index (χ2n) is 3.76. The van der Waals surface area contributed by atoms with E-state index in [4.69, 9.17) is 11.0 Å². The van der Waals surface area contributed by atoms with E-state index in [1.54, 1.807) is 6.08 Å². The summed E-state index contributed by atoms with van der Waals surface area (Å²) >= 11 is 0. The van der Waals surface area contributed by atoms with Gasteiger partial charge in [-0.3, -0.25) is 4.79 Å². The standard InChI is InChI=1S/C10H15N3O/c1-7(2)9(12)10(14)13-5-3-4-8(13)6-11/h3-4,7-9H,5,12H2,1-2H3/t8-,9?/m0/s1. The van der Waals surface area contributed by atoms with Crippen LogP contribution in [0.2, 0.25) is 0 Å². The molecule has 14 heavy (non-hydrogen) atoms. The molecule has 0 saturated carbocycles. The molecule has 0 aliphatic carbocycles. The Balaban J connectivity index is 2.67. The summed E-state index contributed by atoms with van der Waals surface area (Å²) in [7, 11) is 0. The van der Waals surface area contributed by atoms with Crippen LogP contribution in [0.1, 0.15) is 13.8 Å². The highest BCUT2D eigenvalue weighted by molar-refractivity contribution is 5.83. The average molecular weight is 193 g/mol. The molecule has 0 spiro atoms. The summed E-state index contributed by atoms with van der Waals surface area (Å²) in [5.41, 5.74) is 5.73. The number of nitriles is 1. The Bertz CT molecular complexity index is 290. The van der Waals surface area contributed by atoms with Crippen molar-refractivity contribution < 1.29 is 4.79 Å². The van der Waals surface area contributed by atoms with Gasteiger partial charge in [-0.05, 0) is 12.0 Å². The van der Waals surface area contributed by atoms with Crippen molar-refractivity contribution in [3.63, 3.8) is 0 Å². The number of nitrogens with two attached hydrogens (primary N) is 1. The van der Waals surface area contributed by atoms with Crippen molar-refractivity contribution in [1.82, 2.24) is 4.90 Å². The van der Waals surface area contributed by atoms with Gasteiger partial charge in [-0.1, -0.05) is 19.9 Å². The molecule has 2 N–H and O–H groups in total. The Morgan fingerprint density at radius 2 is 2.36 bits per heavy atom. The first-order valence-electron chi connectivity index (χ1n) is 4.70. The molecule has 0 bridgehead atoms. The van der Waals surface area contributed by atoms with Crippen LogP contribution in [0.3, 0.4) is 0 Å². The molecular formula is C10H15N3O. The van der Waals surface area contributed by atoms with Crippen LogP contribution in [0.4, 0.5) is 0 Å². The Kier molecular flexibility index (Phi) is 3.26. The Morgan fingerprint density at radius 1 is 1.71 bits per heavy atom. The van der Waals surface area contributed by atoms with E-state index in [1.807, 2.05) is 19.9 Å². The monoisotopic (exact) mass is 193 g/mol. The summed E-state index contributed by atoms with van der Waals surface area (Å²) in [5.74, 6) is -0.0426. The zero-order valence-electron chi connectivity index (χ0n) is 8.47. The van der Waals surface area contributed by atoms with Crippen LogP contribution in [0, 0.1) is 17.2 Å². The fourth-order valence-corrected chi connectivity index (χ4v) is 1.34. The number of carbonyl (C=O) groups excluding carboxylic acids is 1. The second-order valence-corrected chi connectivity index (χ2v) is 3.76. The van der Waals surface area contributed by atoms with Gasteiger partial charge >= 0.3 is 0 Å². The topological polar surface area (TPSA) is 70.1 Å². The van der Waals surface area contributed by atoms with Crippen molar-refractivity contribution >= 4 is 5.91 Å². The normalized spacial score (nSPS) is 22.5. The van der Waals surface area contributed by atoms with Crippen LogP contribution in [0.25, 0.3) is 0 Å². The fraction of sp³-hybridized carbons (Fsp3) is 0.600. The zero-order chi connectivity index (χ0) is 10.7.